The van der Waals surface area contributed by atoms with Crippen LogP contribution in [0.25, 0.3) is 0 Å². The Morgan fingerprint density at radius 3 is 2.15 bits per heavy atom. The highest BCUT2D eigenvalue weighted by Gasteiger charge is 2.31. The Morgan fingerprint density at radius 1 is 1.04 bits per heavy atom. The molecule has 0 saturated heterocycles. The van der Waals surface area contributed by atoms with Crippen LogP contribution in [0.15, 0.2) is 46.7 Å². The van der Waals surface area contributed by atoms with Gasteiger partial charge in [-0.25, -0.2) is 12.8 Å². The summed E-state index contributed by atoms with van der Waals surface area (Å²) in [5, 5.41) is 5.50. The number of hydrogen-bond donors (Lipinski definition) is 2. The molecule has 27 heavy (non-hydrogen) atoms. The Labute approximate surface area is 161 Å². The maximum absolute atomic E-state index is 13.1. The Kier molecular flexibility index (Phi) is 7.09. The molecule has 2 aromatic rings. The largest absolute Gasteiger partial charge is 0.348 e. The minimum Gasteiger partial charge on any atom is -0.348 e. The lowest BCUT2D eigenvalue weighted by Crippen LogP contribution is -2.43. The molecule has 1 heterocycles. The number of sulfone groups is 1. The van der Waals surface area contributed by atoms with Gasteiger partial charge in [-0.05, 0) is 41.6 Å². The number of hydrogen-bond acceptors (Lipinski definition) is 5. The Balaban J connectivity index is 2.17. The SMILES string of the molecule is CC(C)CNC(=O)C(=O)NC[C@H](c1cccs1)S(=O)(=O)c1ccc(F)cc1. The molecule has 6 nitrogen and oxygen atoms in total. The van der Waals surface area contributed by atoms with Crippen LogP contribution in [0.5, 0.6) is 0 Å². The van der Waals surface area contributed by atoms with Gasteiger partial charge in [-0.1, -0.05) is 19.9 Å². The first-order valence-electron chi connectivity index (χ1n) is 8.30. The quantitative estimate of drug-likeness (QED) is 0.539. The highest BCUT2D eigenvalue weighted by molar-refractivity contribution is 7.91. The van der Waals surface area contributed by atoms with Crippen LogP contribution in [0.4, 0.5) is 4.39 Å². The van der Waals surface area contributed by atoms with Crippen molar-refractivity contribution in [2.45, 2.75) is 24.0 Å². The lowest BCUT2D eigenvalue weighted by molar-refractivity contribution is -0.139. The van der Waals surface area contributed by atoms with Gasteiger partial charge in [-0.3, -0.25) is 9.59 Å². The van der Waals surface area contributed by atoms with Gasteiger partial charge in [0.15, 0.2) is 9.84 Å². The van der Waals surface area contributed by atoms with E-state index >= 15 is 0 Å². The number of rotatable bonds is 7. The molecule has 1 atom stereocenters. The van der Waals surface area contributed by atoms with E-state index in [0.29, 0.717) is 11.4 Å². The fourth-order valence-corrected chi connectivity index (χ4v) is 5.05. The molecule has 0 saturated carbocycles. The van der Waals surface area contributed by atoms with Gasteiger partial charge in [-0.2, -0.15) is 0 Å². The van der Waals surface area contributed by atoms with E-state index in [0.717, 1.165) is 12.1 Å². The Bertz CT molecular complexity index is 879. The number of carbonyl (C=O) groups is 2. The summed E-state index contributed by atoms with van der Waals surface area (Å²) in [5.74, 6) is -2.07. The molecule has 0 unspecified atom stereocenters. The lowest BCUT2D eigenvalue weighted by Gasteiger charge is -2.17. The summed E-state index contributed by atoms with van der Waals surface area (Å²) < 4.78 is 39.1. The molecule has 0 fully saturated rings. The molecule has 1 aromatic carbocycles. The van der Waals surface area contributed by atoms with Gasteiger partial charge in [0.05, 0.1) is 4.90 Å². The number of nitrogens with one attached hydrogen (secondary N) is 2. The van der Waals surface area contributed by atoms with Gasteiger partial charge >= 0.3 is 11.8 Å². The van der Waals surface area contributed by atoms with Crippen LogP contribution in [-0.2, 0) is 19.4 Å². The normalized spacial score (nSPS) is 12.6. The molecule has 0 aliphatic carbocycles. The molecular weight excluding hydrogens is 391 g/mol. The predicted octanol–water partition coefficient (Wildman–Crippen LogP) is 2.29. The van der Waals surface area contributed by atoms with Crippen molar-refractivity contribution in [2.24, 2.45) is 5.92 Å². The van der Waals surface area contributed by atoms with Crippen LogP contribution in [0.3, 0.4) is 0 Å². The van der Waals surface area contributed by atoms with Crippen molar-refractivity contribution in [3.8, 4) is 0 Å². The second-order valence-corrected chi connectivity index (χ2v) is 9.43. The minimum atomic E-state index is -3.89. The molecule has 146 valence electrons. The summed E-state index contributed by atoms with van der Waals surface area (Å²) >= 11 is 1.22. The van der Waals surface area contributed by atoms with E-state index in [2.05, 4.69) is 10.6 Å². The first kappa shape index (κ1) is 21.0. The minimum absolute atomic E-state index is 0.0548. The van der Waals surface area contributed by atoms with Crippen LogP contribution in [-0.4, -0.2) is 33.3 Å². The van der Waals surface area contributed by atoms with E-state index in [1.165, 1.54) is 23.5 Å². The molecule has 0 spiro atoms. The number of thiophene rings is 1. The molecule has 0 aliphatic heterocycles. The molecular formula is C18H21FN2O4S2. The monoisotopic (exact) mass is 412 g/mol. The zero-order valence-electron chi connectivity index (χ0n) is 14.9. The first-order chi connectivity index (χ1) is 12.7. The molecule has 0 radical (unpaired) electrons. The van der Waals surface area contributed by atoms with Crippen LogP contribution in [0, 0.1) is 11.7 Å². The van der Waals surface area contributed by atoms with Gasteiger partial charge in [0.1, 0.15) is 11.1 Å². The Morgan fingerprint density at radius 2 is 1.63 bits per heavy atom. The number of halogens is 1. The van der Waals surface area contributed by atoms with Gasteiger partial charge in [-0.15, -0.1) is 11.3 Å². The maximum Gasteiger partial charge on any atom is 0.309 e. The predicted molar refractivity (Wildman–Crippen MR) is 102 cm³/mol. The molecule has 2 N–H and O–H groups in total. The zero-order chi connectivity index (χ0) is 20.0. The third-order valence-corrected chi connectivity index (χ3v) is 6.94. The number of carbonyl (C=O) groups excluding carboxylic acids is 2. The molecule has 0 aliphatic rings. The number of amides is 2. The van der Waals surface area contributed by atoms with Crippen molar-refractivity contribution in [1.82, 2.24) is 10.6 Å². The summed E-state index contributed by atoms with van der Waals surface area (Å²) in [5.41, 5.74) is 0. The van der Waals surface area contributed by atoms with E-state index in [1.807, 2.05) is 13.8 Å². The van der Waals surface area contributed by atoms with Crippen LogP contribution in [0.2, 0.25) is 0 Å². The van der Waals surface area contributed by atoms with Crippen LogP contribution < -0.4 is 10.6 Å². The first-order valence-corrected chi connectivity index (χ1v) is 10.7. The smallest absolute Gasteiger partial charge is 0.309 e. The van der Waals surface area contributed by atoms with Crippen LogP contribution >= 0.6 is 11.3 Å². The maximum atomic E-state index is 13.1. The summed E-state index contributed by atoms with van der Waals surface area (Å²) in [6, 6.07) is 7.84. The van der Waals surface area contributed by atoms with E-state index < -0.39 is 32.7 Å². The van der Waals surface area contributed by atoms with Crippen LogP contribution in [0.1, 0.15) is 24.0 Å². The van der Waals surface area contributed by atoms with Gasteiger partial charge in [0.25, 0.3) is 0 Å². The summed E-state index contributed by atoms with van der Waals surface area (Å²) in [6.45, 7) is 3.85. The summed E-state index contributed by atoms with van der Waals surface area (Å²) in [6.07, 6.45) is 0. The van der Waals surface area contributed by atoms with Gasteiger partial charge < -0.3 is 10.6 Å². The fourth-order valence-electron chi connectivity index (χ4n) is 2.27. The molecule has 2 rings (SSSR count). The van der Waals surface area contributed by atoms with Crippen molar-refractivity contribution < 1.29 is 22.4 Å². The summed E-state index contributed by atoms with van der Waals surface area (Å²) in [4.78, 5) is 24.2. The molecule has 9 heteroatoms. The average Bonchev–Trinajstić information content (AvgIpc) is 3.14. The van der Waals surface area contributed by atoms with E-state index in [-0.39, 0.29) is 17.4 Å². The van der Waals surface area contributed by atoms with Crippen molar-refractivity contribution in [3.63, 3.8) is 0 Å². The van der Waals surface area contributed by atoms with Crippen molar-refractivity contribution in [3.05, 3.63) is 52.5 Å². The van der Waals surface area contributed by atoms with E-state index in [9.17, 15) is 22.4 Å². The number of benzene rings is 1. The van der Waals surface area contributed by atoms with Gasteiger partial charge in [0, 0.05) is 18.0 Å². The molecule has 2 amide bonds. The molecule has 0 bridgehead atoms. The van der Waals surface area contributed by atoms with Crippen molar-refractivity contribution >= 4 is 33.0 Å². The second-order valence-electron chi connectivity index (χ2n) is 6.32. The summed E-state index contributed by atoms with van der Waals surface area (Å²) in [7, 11) is -3.89. The topological polar surface area (TPSA) is 92.3 Å². The highest BCUT2D eigenvalue weighted by Crippen LogP contribution is 2.31. The van der Waals surface area contributed by atoms with E-state index in [1.54, 1.807) is 17.5 Å². The second kappa shape index (κ2) is 9.09. The van der Waals surface area contributed by atoms with Gasteiger partial charge in [0.2, 0.25) is 0 Å². The zero-order valence-corrected chi connectivity index (χ0v) is 16.6. The Hall–Kier alpha value is -2.26. The fraction of sp³-hybridized carbons (Fsp3) is 0.333. The van der Waals surface area contributed by atoms with Crippen molar-refractivity contribution in [1.29, 1.82) is 0 Å². The third-order valence-electron chi connectivity index (χ3n) is 3.70. The average molecular weight is 413 g/mol. The highest BCUT2D eigenvalue weighted by atomic mass is 32.2. The van der Waals surface area contributed by atoms with E-state index in [4.69, 9.17) is 0 Å². The third kappa shape index (κ3) is 5.61. The molecule has 1 aromatic heterocycles. The van der Waals surface area contributed by atoms with Crippen molar-refractivity contribution in [2.75, 3.05) is 13.1 Å². The lowest BCUT2D eigenvalue weighted by atomic mass is 10.2. The standard InChI is InChI=1S/C18H21FN2O4S2/c1-12(2)10-20-17(22)18(23)21-11-16(15-4-3-9-26-15)27(24,25)14-7-5-13(19)6-8-14/h3-9,12,16H,10-11H2,1-2H3,(H,20,22)(H,21,23)/t16-/m1/s1.